The van der Waals surface area contributed by atoms with Gasteiger partial charge < -0.3 is 4.90 Å². The van der Waals surface area contributed by atoms with E-state index in [9.17, 15) is 4.79 Å². The molecule has 2 aromatic rings. The third-order valence-corrected chi connectivity index (χ3v) is 4.48. The highest BCUT2D eigenvalue weighted by Gasteiger charge is 2.29. The van der Waals surface area contributed by atoms with Crippen molar-refractivity contribution >= 4 is 21.8 Å². The summed E-state index contributed by atoms with van der Waals surface area (Å²) in [6, 6.07) is 12.2. The van der Waals surface area contributed by atoms with Crippen LogP contribution in [0.25, 0.3) is 0 Å². The third kappa shape index (κ3) is 3.32. The maximum atomic E-state index is 12.6. The van der Waals surface area contributed by atoms with Crippen molar-refractivity contribution in [3.05, 3.63) is 64.4 Å². The zero-order valence-corrected chi connectivity index (χ0v) is 13.3. The number of pyridine rings is 1. The van der Waals surface area contributed by atoms with E-state index in [2.05, 4.69) is 45.2 Å². The molecular formula is C17H17BrN2O. The van der Waals surface area contributed by atoms with Crippen LogP contribution in [0.15, 0.2) is 53.3 Å². The molecule has 0 N–H and O–H groups in total. The fraction of sp³-hybridized carbons (Fsp3) is 0.294. The van der Waals surface area contributed by atoms with E-state index in [1.54, 1.807) is 24.5 Å². The molecule has 2 heterocycles. The molecule has 4 heteroatoms. The highest BCUT2D eigenvalue weighted by Crippen LogP contribution is 2.24. The summed E-state index contributed by atoms with van der Waals surface area (Å²) in [5.74, 6) is 0.122. The zero-order chi connectivity index (χ0) is 14.7. The van der Waals surface area contributed by atoms with Gasteiger partial charge in [-0.3, -0.25) is 9.78 Å². The first-order valence-electron chi connectivity index (χ1n) is 7.19. The van der Waals surface area contributed by atoms with Gasteiger partial charge in [-0.15, -0.1) is 0 Å². The SMILES string of the molecule is O=C(c1ccncc1)N1CCCC1Cc1ccc(Br)cc1. The van der Waals surface area contributed by atoms with Crippen molar-refractivity contribution in [1.82, 2.24) is 9.88 Å². The normalized spacial score (nSPS) is 18.0. The molecule has 0 aliphatic carbocycles. The average molecular weight is 345 g/mol. The number of nitrogens with zero attached hydrogens (tertiary/aromatic N) is 2. The number of amides is 1. The molecule has 21 heavy (non-hydrogen) atoms. The molecule has 1 unspecified atom stereocenters. The largest absolute Gasteiger partial charge is 0.335 e. The van der Waals surface area contributed by atoms with E-state index in [1.165, 1.54) is 5.56 Å². The number of aromatic nitrogens is 1. The van der Waals surface area contributed by atoms with Crippen LogP contribution in [-0.4, -0.2) is 28.4 Å². The molecule has 0 bridgehead atoms. The van der Waals surface area contributed by atoms with Crippen LogP contribution >= 0.6 is 15.9 Å². The Kier molecular flexibility index (Phi) is 4.34. The molecular weight excluding hydrogens is 328 g/mol. The Morgan fingerprint density at radius 3 is 2.62 bits per heavy atom. The van der Waals surface area contributed by atoms with Crippen molar-refractivity contribution in [3.8, 4) is 0 Å². The fourth-order valence-electron chi connectivity index (χ4n) is 2.87. The first-order valence-corrected chi connectivity index (χ1v) is 7.99. The van der Waals surface area contributed by atoms with Crippen LogP contribution in [0.3, 0.4) is 0 Å². The van der Waals surface area contributed by atoms with Crippen LogP contribution < -0.4 is 0 Å². The maximum Gasteiger partial charge on any atom is 0.254 e. The molecule has 1 aliphatic heterocycles. The number of halogens is 1. The van der Waals surface area contributed by atoms with Gasteiger partial charge in [-0.05, 0) is 49.1 Å². The molecule has 0 radical (unpaired) electrons. The highest BCUT2D eigenvalue weighted by molar-refractivity contribution is 9.10. The highest BCUT2D eigenvalue weighted by atomic mass is 79.9. The number of rotatable bonds is 3. The molecule has 1 atom stereocenters. The molecule has 1 aromatic heterocycles. The number of carbonyl (C=O) groups excluding carboxylic acids is 1. The number of carbonyl (C=O) groups is 1. The van der Waals surface area contributed by atoms with E-state index in [4.69, 9.17) is 0 Å². The summed E-state index contributed by atoms with van der Waals surface area (Å²) < 4.78 is 1.09. The summed E-state index contributed by atoms with van der Waals surface area (Å²) in [4.78, 5) is 18.6. The summed E-state index contributed by atoms with van der Waals surface area (Å²) in [6.07, 6.45) is 6.43. The Hall–Kier alpha value is -1.68. The monoisotopic (exact) mass is 344 g/mol. The number of hydrogen-bond acceptors (Lipinski definition) is 2. The second-order valence-electron chi connectivity index (χ2n) is 5.36. The van der Waals surface area contributed by atoms with E-state index in [-0.39, 0.29) is 5.91 Å². The lowest BCUT2D eigenvalue weighted by molar-refractivity contribution is 0.0736. The minimum absolute atomic E-state index is 0.122. The molecule has 1 fully saturated rings. The molecule has 0 saturated carbocycles. The van der Waals surface area contributed by atoms with Gasteiger partial charge in [-0.25, -0.2) is 0 Å². The van der Waals surface area contributed by atoms with Gasteiger partial charge in [0.15, 0.2) is 0 Å². The molecule has 1 amide bonds. The third-order valence-electron chi connectivity index (χ3n) is 3.95. The first kappa shape index (κ1) is 14.3. The van der Waals surface area contributed by atoms with Gasteiger partial charge in [0.1, 0.15) is 0 Å². The van der Waals surface area contributed by atoms with E-state index in [0.717, 1.165) is 35.8 Å². The van der Waals surface area contributed by atoms with Crippen LogP contribution in [-0.2, 0) is 6.42 Å². The molecule has 3 nitrogen and oxygen atoms in total. The Balaban J connectivity index is 1.73. The second-order valence-corrected chi connectivity index (χ2v) is 6.28. The number of likely N-dealkylation sites (tertiary alicyclic amines) is 1. The van der Waals surface area contributed by atoms with Crippen molar-refractivity contribution in [3.63, 3.8) is 0 Å². The van der Waals surface area contributed by atoms with Gasteiger partial charge in [0, 0.05) is 35.0 Å². The minimum Gasteiger partial charge on any atom is -0.335 e. The van der Waals surface area contributed by atoms with Crippen LogP contribution in [0.5, 0.6) is 0 Å². The maximum absolute atomic E-state index is 12.6. The first-order chi connectivity index (χ1) is 10.2. The lowest BCUT2D eigenvalue weighted by atomic mass is 10.0. The van der Waals surface area contributed by atoms with Crippen LogP contribution in [0, 0.1) is 0 Å². The Morgan fingerprint density at radius 1 is 1.19 bits per heavy atom. The smallest absolute Gasteiger partial charge is 0.254 e. The van der Waals surface area contributed by atoms with Crippen molar-refractivity contribution in [2.75, 3.05) is 6.54 Å². The van der Waals surface area contributed by atoms with Gasteiger partial charge in [0.25, 0.3) is 5.91 Å². The van der Waals surface area contributed by atoms with Gasteiger partial charge in [0.05, 0.1) is 0 Å². The number of hydrogen-bond donors (Lipinski definition) is 0. The van der Waals surface area contributed by atoms with E-state index in [0.29, 0.717) is 6.04 Å². The van der Waals surface area contributed by atoms with Crippen molar-refractivity contribution in [2.45, 2.75) is 25.3 Å². The number of benzene rings is 1. The van der Waals surface area contributed by atoms with Crippen LogP contribution in [0.2, 0.25) is 0 Å². The lowest BCUT2D eigenvalue weighted by Gasteiger charge is -2.25. The van der Waals surface area contributed by atoms with Crippen molar-refractivity contribution in [2.24, 2.45) is 0 Å². The van der Waals surface area contributed by atoms with Crippen molar-refractivity contribution < 1.29 is 4.79 Å². The summed E-state index contributed by atoms with van der Waals surface area (Å²) >= 11 is 3.45. The summed E-state index contributed by atoms with van der Waals surface area (Å²) in [6.45, 7) is 0.850. The topological polar surface area (TPSA) is 33.2 Å². The molecule has 1 saturated heterocycles. The predicted molar refractivity (Wildman–Crippen MR) is 86.1 cm³/mol. The van der Waals surface area contributed by atoms with Crippen LogP contribution in [0.1, 0.15) is 28.8 Å². The second kappa shape index (κ2) is 6.39. The lowest BCUT2D eigenvalue weighted by Crippen LogP contribution is -2.36. The summed E-state index contributed by atoms with van der Waals surface area (Å²) in [5, 5.41) is 0. The molecule has 108 valence electrons. The Morgan fingerprint density at radius 2 is 1.90 bits per heavy atom. The quantitative estimate of drug-likeness (QED) is 0.850. The Labute approximate surface area is 133 Å². The molecule has 3 rings (SSSR count). The van der Waals surface area contributed by atoms with E-state index >= 15 is 0 Å². The standard InChI is InChI=1S/C17H17BrN2O/c18-15-5-3-13(4-6-15)12-16-2-1-11-20(16)17(21)14-7-9-19-10-8-14/h3-10,16H,1-2,11-12H2. The summed E-state index contributed by atoms with van der Waals surface area (Å²) in [5.41, 5.74) is 2.00. The van der Waals surface area contributed by atoms with Gasteiger partial charge >= 0.3 is 0 Å². The van der Waals surface area contributed by atoms with Gasteiger partial charge in [0.2, 0.25) is 0 Å². The molecule has 1 aromatic carbocycles. The molecule has 1 aliphatic rings. The Bertz CT molecular complexity index is 612. The average Bonchev–Trinajstić information content (AvgIpc) is 2.98. The predicted octanol–water partition coefficient (Wildman–Crippen LogP) is 3.69. The van der Waals surface area contributed by atoms with Crippen LogP contribution in [0.4, 0.5) is 0 Å². The van der Waals surface area contributed by atoms with Crippen molar-refractivity contribution in [1.29, 1.82) is 0 Å². The van der Waals surface area contributed by atoms with Gasteiger partial charge in [-0.2, -0.15) is 0 Å². The zero-order valence-electron chi connectivity index (χ0n) is 11.7. The molecule has 0 spiro atoms. The van der Waals surface area contributed by atoms with Gasteiger partial charge in [-0.1, -0.05) is 28.1 Å². The summed E-state index contributed by atoms with van der Waals surface area (Å²) in [7, 11) is 0. The fourth-order valence-corrected chi connectivity index (χ4v) is 3.13. The van der Waals surface area contributed by atoms with E-state index < -0.39 is 0 Å². The minimum atomic E-state index is 0.122. The van der Waals surface area contributed by atoms with E-state index in [1.807, 2.05) is 4.90 Å².